The number of anilines is 1. The van der Waals surface area contributed by atoms with E-state index in [0.29, 0.717) is 32.6 Å². The number of rotatable bonds is 4. The number of carbonyl (C=O) groups is 1. The highest BCUT2D eigenvalue weighted by molar-refractivity contribution is 6.04. The molecule has 0 bridgehead atoms. The maximum absolute atomic E-state index is 13.1. The largest absolute Gasteiger partial charge is 0.497 e. The third-order valence-electron chi connectivity index (χ3n) is 5.15. The molecule has 2 aromatic carbocycles. The SMILES string of the molecule is COc1ccc(C2=NOC(C(=O)N3CCN(c4ccc(F)cc4)CC3)C2)cc1. The van der Waals surface area contributed by atoms with Crippen molar-refractivity contribution < 1.29 is 18.8 Å². The van der Waals surface area contributed by atoms with Crippen molar-refractivity contribution >= 4 is 17.3 Å². The van der Waals surface area contributed by atoms with Gasteiger partial charge in [0.15, 0.2) is 0 Å². The summed E-state index contributed by atoms with van der Waals surface area (Å²) in [5, 5.41) is 4.11. The number of halogens is 1. The van der Waals surface area contributed by atoms with Gasteiger partial charge in [-0.05, 0) is 54.1 Å². The summed E-state index contributed by atoms with van der Waals surface area (Å²) in [6.45, 7) is 2.62. The molecule has 0 saturated carbocycles. The minimum atomic E-state index is -0.575. The average Bonchev–Trinajstić information content (AvgIpc) is 3.24. The second kappa shape index (κ2) is 7.88. The normalized spacial score (nSPS) is 19.2. The van der Waals surface area contributed by atoms with Crippen LogP contribution in [0.1, 0.15) is 12.0 Å². The van der Waals surface area contributed by atoms with E-state index in [2.05, 4.69) is 10.1 Å². The van der Waals surface area contributed by atoms with Gasteiger partial charge < -0.3 is 19.4 Å². The summed E-state index contributed by atoms with van der Waals surface area (Å²) in [7, 11) is 1.62. The Balaban J connectivity index is 1.31. The lowest BCUT2D eigenvalue weighted by Crippen LogP contribution is -2.51. The van der Waals surface area contributed by atoms with Gasteiger partial charge in [0.2, 0.25) is 6.10 Å². The number of oxime groups is 1. The maximum Gasteiger partial charge on any atom is 0.267 e. The predicted octanol–water partition coefficient (Wildman–Crippen LogP) is 2.68. The van der Waals surface area contributed by atoms with Gasteiger partial charge >= 0.3 is 0 Å². The van der Waals surface area contributed by atoms with Crippen LogP contribution in [-0.4, -0.2) is 55.9 Å². The Kier molecular flexibility index (Phi) is 5.14. The third kappa shape index (κ3) is 3.78. The Morgan fingerprint density at radius 1 is 1.07 bits per heavy atom. The summed E-state index contributed by atoms with van der Waals surface area (Å²) in [6.07, 6.45) is -0.113. The van der Waals surface area contributed by atoms with E-state index in [1.54, 1.807) is 19.2 Å². The summed E-state index contributed by atoms with van der Waals surface area (Å²) in [5.74, 6) is 0.490. The minimum Gasteiger partial charge on any atom is -0.497 e. The molecule has 2 aliphatic rings. The number of amides is 1. The van der Waals surface area contributed by atoms with E-state index >= 15 is 0 Å². The molecule has 0 spiro atoms. The molecule has 2 aliphatic heterocycles. The van der Waals surface area contributed by atoms with Crippen LogP contribution in [-0.2, 0) is 9.63 Å². The molecule has 4 rings (SSSR count). The third-order valence-corrected chi connectivity index (χ3v) is 5.15. The molecule has 6 nitrogen and oxygen atoms in total. The molecule has 0 aliphatic carbocycles. The lowest BCUT2D eigenvalue weighted by molar-refractivity contribution is -0.142. The van der Waals surface area contributed by atoms with Crippen molar-refractivity contribution in [2.24, 2.45) is 5.16 Å². The highest BCUT2D eigenvalue weighted by Gasteiger charge is 2.33. The number of methoxy groups -OCH3 is 1. The first-order chi connectivity index (χ1) is 13.6. The Bertz CT molecular complexity index is 859. The fourth-order valence-corrected chi connectivity index (χ4v) is 3.50. The lowest BCUT2D eigenvalue weighted by atomic mass is 10.0. The van der Waals surface area contributed by atoms with Gasteiger partial charge in [-0.2, -0.15) is 0 Å². The zero-order valence-corrected chi connectivity index (χ0v) is 15.7. The van der Waals surface area contributed by atoms with Crippen molar-refractivity contribution in [3.63, 3.8) is 0 Å². The van der Waals surface area contributed by atoms with Gasteiger partial charge in [0, 0.05) is 38.3 Å². The van der Waals surface area contributed by atoms with Gasteiger partial charge in [-0.1, -0.05) is 5.16 Å². The van der Waals surface area contributed by atoms with Crippen LogP contribution < -0.4 is 9.64 Å². The van der Waals surface area contributed by atoms with Crippen molar-refractivity contribution in [3.8, 4) is 5.75 Å². The van der Waals surface area contributed by atoms with Gasteiger partial charge in [-0.15, -0.1) is 0 Å². The molecule has 0 N–H and O–H groups in total. The first-order valence-electron chi connectivity index (χ1n) is 9.30. The monoisotopic (exact) mass is 383 g/mol. The molecule has 0 aromatic heterocycles. The summed E-state index contributed by atoms with van der Waals surface area (Å²) >= 11 is 0. The Morgan fingerprint density at radius 2 is 1.75 bits per heavy atom. The summed E-state index contributed by atoms with van der Waals surface area (Å²) < 4.78 is 18.2. The molecule has 1 fully saturated rings. The molecular weight excluding hydrogens is 361 g/mol. The predicted molar refractivity (Wildman–Crippen MR) is 104 cm³/mol. The van der Waals surface area contributed by atoms with Crippen LogP contribution in [0.4, 0.5) is 10.1 Å². The number of nitrogens with zero attached hydrogens (tertiary/aromatic N) is 3. The van der Waals surface area contributed by atoms with E-state index in [1.807, 2.05) is 29.2 Å². The zero-order chi connectivity index (χ0) is 19.5. The van der Waals surface area contributed by atoms with E-state index in [-0.39, 0.29) is 11.7 Å². The number of benzene rings is 2. The molecule has 146 valence electrons. The molecule has 1 saturated heterocycles. The van der Waals surface area contributed by atoms with E-state index in [0.717, 1.165) is 22.7 Å². The van der Waals surface area contributed by atoms with Crippen molar-refractivity contribution in [2.75, 3.05) is 38.2 Å². The molecule has 1 amide bonds. The Hall–Kier alpha value is -3.09. The fraction of sp³-hybridized carbons (Fsp3) is 0.333. The smallest absolute Gasteiger partial charge is 0.267 e. The standard InChI is InChI=1S/C21H22FN3O3/c1-27-18-8-2-15(3-9-18)19-14-20(28-23-19)21(26)25-12-10-24(11-13-25)17-6-4-16(22)5-7-17/h2-9,20H,10-14H2,1H3. The topological polar surface area (TPSA) is 54.4 Å². The number of hydrogen-bond acceptors (Lipinski definition) is 5. The van der Waals surface area contributed by atoms with Crippen molar-refractivity contribution in [2.45, 2.75) is 12.5 Å². The number of ether oxygens (including phenoxy) is 1. The minimum absolute atomic E-state index is 0.0361. The van der Waals surface area contributed by atoms with E-state index in [1.165, 1.54) is 12.1 Å². The summed E-state index contributed by atoms with van der Waals surface area (Å²) in [6, 6.07) is 14.0. The number of hydrogen-bond donors (Lipinski definition) is 0. The van der Waals surface area contributed by atoms with Crippen LogP contribution in [0.2, 0.25) is 0 Å². The number of carbonyl (C=O) groups excluding carboxylic acids is 1. The summed E-state index contributed by atoms with van der Waals surface area (Å²) in [5.41, 5.74) is 2.67. The van der Waals surface area contributed by atoms with Crippen LogP contribution in [0.25, 0.3) is 0 Å². The van der Waals surface area contributed by atoms with Crippen molar-refractivity contribution in [1.82, 2.24) is 4.90 Å². The van der Waals surface area contributed by atoms with Crippen molar-refractivity contribution in [3.05, 3.63) is 59.9 Å². The Labute approximate surface area is 163 Å². The van der Waals surface area contributed by atoms with E-state index in [4.69, 9.17) is 9.57 Å². The highest BCUT2D eigenvalue weighted by atomic mass is 19.1. The number of piperazine rings is 1. The average molecular weight is 383 g/mol. The molecule has 1 unspecified atom stereocenters. The quantitative estimate of drug-likeness (QED) is 0.815. The molecule has 0 radical (unpaired) electrons. The van der Waals surface area contributed by atoms with Gasteiger partial charge in [0.25, 0.3) is 5.91 Å². The second-order valence-corrected chi connectivity index (χ2v) is 6.85. The molecule has 1 atom stereocenters. The van der Waals surface area contributed by atoms with Crippen LogP contribution >= 0.6 is 0 Å². The first-order valence-corrected chi connectivity index (χ1v) is 9.30. The van der Waals surface area contributed by atoms with Crippen molar-refractivity contribution in [1.29, 1.82) is 0 Å². The highest BCUT2D eigenvalue weighted by Crippen LogP contribution is 2.22. The van der Waals surface area contributed by atoms with E-state index < -0.39 is 6.10 Å². The zero-order valence-electron chi connectivity index (χ0n) is 15.7. The molecular formula is C21H22FN3O3. The molecule has 7 heteroatoms. The van der Waals surface area contributed by atoms with Gasteiger partial charge in [0.05, 0.1) is 12.8 Å². The lowest BCUT2D eigenvalue weighted by Gasteiger charge is -2.36. The van der Waals surface area contributed by atoms with Gasteiger partial charge in [-0.3, -0.25) is 4.79 Å². The first kappa shape index (κ1) is 18.3. The van der Waals surface area contributed by atoms with Crippen LogP contribution in [0.3, 0.4) is 0 Å². The Morgan fingerprint density at radius 3 is 2.39 bits per heavy atom. The second-order valence-electron chi connectivity index (χ2n) is 6.85. The maximum atomic E-state index is 13.1. The molecule has 2 heterocycles. The summed E-state index contributed by atoms with van der Waals surface area (Å²) in [4.78, 5) is 22.2. The van der Waals surface area contributed by atoms with E-state index in [9.17, 15) is 9.18 Å². The van der Waals surface area contributed by atoms with Crippen LogP contribution in [0.15, 0.2) is 53.7 Å². The van der Waals surface area contributed by atoms with Crippen LogP contribution in [0, 0.1) is 5.82 Å². The van der Waals surface area contributed by atoms with Gasteiger partial charge in [0.1, 0.15) is 11.6 Å². The van der Waals surface area contributed by atoms with Crippen LogP contribution in [0.5, 0.6) is 5.75 Å². The molecule has 2 aromatic rings. The molecule has 28 heavy (non-hydrogen) atoms. The fourth-order valence-electron chi connectivity index (χ4n) is 3.50. The van der Waals surface area contributed by atoms with Gasteiger partial charge in [-0.25, -0.2) is 4.39 Å².